The number of nitrogens with one attached hydrogen (secondary N) is 1. The minimum atomic E-state index is -1.36. The zero-order chi connectivity index (χ0) is 11.2. The number of nitrogens with zero attached hydrogens (tertiary/aromatic N) is 1. The highest BCUT2D eigenvalue weighted by Crippen LogP contribution is 2.45. The lowest BCUT2D eigenvalue weighted by Gasteiger charge is -2.19. The molecule has 0 saturated heterocycles. The van der Waals surface area contributed by atoms with E-state index in [1.165, 1.54) is 0 Å². The van der Waals surface area contributed by atoms with Gasteiger partial charge in [-0.25, -0.2) is 0 Å². The van der Waals surface area contributed by atoms with E-state index in [9.17, 15) is 0 Å². The van der Waals surface area contributed by atoms with Crippen LogP contribution in [0.1, 0.15) is 5.56 Å². The van der Waals surface area contributed by atoms with Crippen molar-refractivity contribution in [3.05, 3.63) is 41.2 Å². The summed E-state index contributed by atoms with van der Waals surface area (Å²) in [4.78, 5) is 6.59. The number of H-pyrrole nitrogens is 1. The lowest BCUT2D eigenvalue weighted by Crippen LogP contribution is -2.28. The zero-order valence-corrected chi connectivity index (χ0v) is 9.42. The number of aromatic nitrogens is 2. The molecule has 1 unspecified atom stereocenters. The topological polar surface area (TPSA) is 47.1 Å². The van der Waals surface area contributed by atoms with Gasteiger partial charge in [-0.1, -0.05) is 18.2 Å². The van der Waals surface area contributed by atoms with Crippen molar-refractivity contribution in [1.82, 2.24) is 9.97 Å². The number of hydrogen-bond donors (Lipinski definition) is 1. The second-order valence-corrected chi connectivity index (χ2v) is 4.12. The molecule has 1 aliphatic rings. The van der Waals surface area contributed by atoms with E-state index in [0.29, 0.717) is 11.4 Å². The van der Waals surface area contributed by atoms with Crippen molar-refractivity contribution >= 4 is 23.2 Å². The quantitative estimate of drug-likeness (QED) is 0.799. The second-order valence-electron chi connectivity index (χ2n) is 3.27. The first kappa shape index (κ1) is 9.81. The summed E-state index contributed by atoms with van der Waals surface area (Å²) in [5, 5.41) is -1.16. The first-order valence-corrected chi connectivity index (χ1v) is 5.31. The van der Waals surface area contributed by atoms with Crippen LogP contribution in [0.2, 0.25) is 5.28 Å². The molecule has 0 spiro atoms. The highest BCUT2D eigenvalue weighted by molar-refractivity contribution is 6.28. The molecule has 0 bridgehead atoms. The predicted octanol–water partition coefficient (Wildman–Crippen LogP) is 2.88. The van der Waals surface area contributed by atoms with Gasteiger partial charge in [0.1, 0.15) is 0 Å². The molecule has 0 saturated carbocycles. The number of fused-ring (bicyclic) bond motifs is 1. The van der Waals surface area contributed by atoms with Crippen LogP contribution in [0.15, 0.2) is 30.3 Å². The number of ether oxygens (including phenoxy) is 2. The van der Waals surface area contributed by atoms with Crippen molar-refractivity contribution in [2.45, 2.75) is 5.25 Å². The average molecular weight is 257 g/mol. The molecule has 1 aromatic carbocycles. The molecule has 1 atom stereocenters. The zero-order valence-electron chi connectivity index (χ0n) is 7.91. The largest absolute Gasteiger partial charge is 0.414 e. The Kier molecular flexibility index (Phi) is 2.02. The molecule has 1 aromatic heterocycles. The average Bonchev–Trinajstić information content (AvgIpc) is 2.73. The maximum absolute atomic E-state index is 6.21. The highest BCUT2D eigenvalue weighted by atomic mass is 35.5. The molecular formula is C10H6Cl2N2O2. The Morgan fingerprint density at radius 1 is 1.19 bits per heavy atom. The number of rotatable bonds is 1. The van der Waals surface area contributed by atoms with E-state index in [1.807, 2.05) is 18.2 Å². The van der Waals surface area contributed by atoms with E-state index in [0.717, 1.165) is 0 Å². The third kappa shape index (κ3) is 1.42. The number of imidazole rings is 1. The molecule has 16 heavy (non-hydrogen) atoms. The summed E-state index contributed by atoms with van der Waals surface area (Å²) < 4.78 is 10.9. The first-order chi connectivity index (χ1) is 7.67. The molecule has 0 radical (unpaired) electrons. The van der Waals surface area contributed by atoms with Gasteiger partial charge in [-0.2, -0.15) is 4.98 Å². The summed E-state index contributed by atoms with van der Waals surface area (Å²) in [6.07, 6.45) is 0. The Morgan fingerprint density at radius 2 is 1.94 bits per heavy atom. The number of hydrogen-bond acceptors (Lipinski definition) is 3. The molecule has 0 amide bonds. The third-order valence-electron chi connectivity index (χ3n) is 2.19. The fourth-order valence-electron chi connectivity index (χ4n) is 1.48. The number of halogens is 2. The first-order valence-electron chi connectivity index (χ1n) is 4.55. The number of aromatic amines is 1. The van der Waals surface area contributed by atoms with E-state index < -0.39 is 5.25 Å². The Balaban J connectivity index is 1.97. The Labute approximate surface area is 101 Å². The Morgan fingerprint density at radius 3 is 2.62 bits per heavy atom. The summed E-state index contributed by atoms with van der Waals surface area (Å²) in [6, 6.07) is 9.19. The number of alkyl halides is 1. The van der Waals surface area contributed by atoms with Crippen LogP contribution < -0.4 is 9.47 Å². The van der Waals surface area contributed by atoms with Crippen LogP contribution in [0.3, 0.4) is 0 Å². The molecule has 0 fully saturated rings. The summed E-state index contributed by atoms with van der Waals surface area (Å²) in [6.45, 7) is 0. The van der Waals surface area contributed by atoms with E-state index in [2.05, 4.69) is 9.97 Å². The van der Waals surface area contributed by atoms with Gasteiger partial charge in [-0.05, 0) is 35.3 Å². The van der Waals surface area contributed by atoms with Gasteiger partial charge in [0.25, 0.3) is 11.8 Å². The number of benzene rings is 1. The summed E-state index contributed by atoms with van der Waals surface area (Å²) in [5.41, 5.74) is 0.694. The summed E-state index contributed by atoms with van der Waals surface area (Å²) in [7, 11) is 0. The van der Waals surface area contributed by atoms with Crippen LogP contribution in [0.4, 0.5) is 0 Å². The van der Waals surface area contributed by atoms with Crippen molar-refractivity contribution in [3.8, 4) is 11.8 Å². The van der Waals surface area contributed by atoms with Crippen LogP contribution >= 0.6 is 23.2 Å². The SMILES string of the molecule is Clc1nc2c([nH]1)OC(Cl)(c1ccccc1)O2. The van der Waals surface area contributed by atoms with Gasteiger partial charge in [-0.15, -0.1) is 0 Å². The molecule has 1 N–H and O–H groups in total. The van der Waals surface area contributed by atoms with Crippen LogP contribution in [-0.4, -0.2) is 9.97 Å². The molecule has 0 aliphatic carbocycles. The van der Waals surface area contributed by atoms with Crippen LogP contribution in [-0.2, 0) is 5.25 Å². The Bertz CT molecular complexity index is 503. The molecule has 6 heteroatoms. The van der Waals surface area contributed by atoms with E-state index in [-0.39, 0.29) is 11.2 Å². The summed E-state index contributed by atoms with van der Waals surface area (Å²) >= 11 is 11.9. The van der Waals surface area contributed by atoms with Crippen LogP contribution in [0.5, 0.6) is 11.8 Å². The van der Waals surface area contributed by atoms with Crippen molar-refractivity contribution in [2.75, 3.05) is 0 Å². The van der Waals surface area contributed by atoms with Crippen molar-refractivity contribution in [2.24, 2.45) is 0 Å². The molecule has 82 valence electrons. The van der Waals surface area contributed by atoms with Gasteiger partial charge in [0.15, 0.2) is 0 Å². The standard InChI is InChI=1S/C10H6Cl2N2O2/c11-9-13-7-8(14-9)16-10(12,15-7)6-4-2-1-3-5-6/h1-5H,(H,13,14). The van der Waals surface area contributed by atoms with Crippen LogP contribution in [0, 0.1) is 0 Å². The smallest absolute Gasteiger partial charge is 0.364 e. The van der Waals surface area contributed by atoms with Gasteiger partial charge in [0.05, 0.1) is 5.56 Å². The third-order valence-corrected chi connectivity index (χ3v) is 2.74. The Hall–Kier alpha value is -1.39. The minimum absolute atomic E-state index is 0.205. The van der Waals surface area contributed by atoms with Gasteiger partial charge >= 0.3 is 5.25 Å². The second kappa shape index (κ2) is 3.30. The van der Waals surface area contributed by atoms with Crippen LogP contribution in [0.25, 0.3) is 0 Å². The van der Waals surface area contributed by atoms with Gasteiger partial charge in [0.2, 0.25) is 5.28 Å². The van der Waals surface area contributed by atoms with E-state index >= 15 is 0 Å². The molecule has 1 aliphatic heterocycles. The van der Waals surface area contributed by atoms with E-state index in [4.69, 9.17) is 32.7 Å². The molecule has 2 heterocycles. The normalized spacial score (nSPS) is 16.4. The highest BCUT2D eigenvalue weighted by Gasteiger charge is 2.44. The molecule has 4 nitrogen and oxygen atoms in total. The van der Waals surface area contributed by atoms with Crippen molar-refractivity contribution in [3.63, 3.8) is 0 Å². The summed E-state index contributed by atoms with van der Waals surface area (Å²) in [5.74, 6) is 0.604. The monoisotopic (exact) mass is 256 g/mol. The molecular weight excluding hydrogens is 251 g/mol. The van der Waals surface area contributed by atoms with Gasteiger partial charge < -0.3 is 9.47 Å². The molecule has 3 rings (SSSR count). The van der Waals surface area contributed by atoms with Gasteiger partial charge in [-0.3, -0.25) is 4.98 Å². The maximum atomic E-state index is 6.21. The fourth-order valence-corrected chi connectivity index (χ4v) is 1.92. The van der Waals surface area contributed by atoms with E-state index in [1.54, 1.807) is 12.1 Å². The predicted molar refractivity (Wildman–Crippen MR) is 58.8 cm³/mol. The van der Waals surface area contributed by atoms with Gasteiger partial charge in [0, 0.05) is 0 Å². The minimum Gasteiger partial charge on any atom is -0.414 e. The lowest BCUT2D eigenvalue weighted by molar-refractivity contribution is -0.00616. The fraction of sp³-hybridized carbons (Fsp3) is 0.100. The lowest BCUT2D eigenvalue weighted by atomic mass is 10.2. The maximum Gasteiger partial charge on any atom is 0.364 e. The molecule has 2 aromatic rings. The van der Waals surface area contributed by atoms with Crippen molar-refractivity contribution in [1.29, 1.82) is 0 Å². The van der Waals surface area contributed by atoms with Crippen molar-refractivity contribution < 1.29 is 9.47 Å².